The lowest BCUT2D eigenvalue weighted by atomic mass is 10.1. The highest BCUT2D eigenvalue weighted by Crippen LogP contribution is 2.15. The van der Waals surface area contributed by atoms with Gasteiger partial charge in [0.1, 0.15) is 5.75 Å². The second-order valence-electron chi connectivity index (χ2n) is 4.65. The normalized spacial score (nSPS) is 10.9. The Morgan fingerprint density at radius 3 is 2.59 bits per heavy atom. The molecule has 0 saturated carbocycles. The van der Waals surface area contributed by atoms with Crippen molar-refractivity contribution in [1.29, 1.82) is 0 Å². The van der Waals surface area contributed by atoms with Crippen molar-refractivity contribution in [3.63, 3.8) is 0 Å². The molecular weight excluding hydrogens is 214 g/mol. The van der Waals surface area contributed by atoms with Gasteiger partial charge in [0, 0.05) is 11.6 Å². The Balaban J connectivity index is 2.67. The molecular formula is C14H21NO2. The van der Waals surface area contributed by atoms with Gasteiger partial charge in [-0.2, -0.15) is 0 Å². The molecule has 17 heavy (non-hydrogen) atoms. The molecule has 0 fully saturated rings. The van der Waals surface area contributed by atoms with Crippen molar-refractivity contribution in [3.05, 3.63) is 29.8 Å². The summed E-state index contributed by atoms with van der Waals surface area (Å²) in [5, 5.41) is 3.11. The lowest BCUT2D eigenvalue weighted by molar-refractivity contribution is 0.0987. The van der Waals surface area contributed by atoms with E-state index in [1.54, 1.807) is 6.07 Å². The third kappa shape index (κ3) is 5.00. The van der Waals surface area contributed by atoms with Gasteiger partial charge in [-0.25, -0.2) is 0 Å². The van der Waals surface area contributed by atoms with Crippen LogP contribution in [0.1, 0.15) is 38.1 Å². The highest BCUT2D eigenvalue weighted by Gasteiger charge is 2.07. The van der Waals surface area contributed by atoms with Gasteiger partial charge in [0.25, 0.3) is 0 Å². The largest absolute Gasteiger partial charge is 0.491 e. The predicted octanol–water partition coefficient (Wildman–Crippen LogP) is 2.65. The maximum Gasteiger partial charge on any atom is 0.176 e. The number of nitrogens with one attached hydrogen (secondary N) is 1. The number of ketones is 1. The minimum Gasteiger partial charge on any atom is -0.491 e. The Morgan fingerprint density at radius 2 is 2.00 bits per heavy atom. The highest BCUT2D eigenvalue weighted by molar-refractivity contribution is 5.97. The zero-order valence-corrected chi connectivity index (χ0v) is 11.0. The summed E-state index contributed by atoms with van der Waals surface area (Å²) in [6.07, 6.45) is 0.120. The molecule has 0 radical (unpaired) electrons. The van der Waals surface area contributed by atoms with Crippen molar-refractivity contribution >= 4 is 5.78 Å². The van der Waals surface area contributed by atoms with Gasteiger partial charge in [-0.15, -0.1) is 0 Å². The Bertz CT molecular complexity index is 372. The van der Waals surface area contributed by atoms with Crippen molar-refractivity contribution in [2.45, 2.75) is 39.8 Å². The first kappa shape index (κ1) is 13.7. The first-order valence-electron chi connectivity index (χ1n) is 6.02. The summed E-state index contributed by atoms with van der Waals surface area (Å²) in [6, 6.07) is 7.64. The van der Waals surface area contributed by atoms with Crippen LogP contribution in [0.3, 0.4) is 0 Å². The van der Waals surface area contributed by atoms with E-state index in [2.05, 4.69) is 5.32 Å². The third-order valence-corrected chi connectivity index (χ3v) is 2.20. The first-order chi connectivity index (χ1) is 7.99. The molecule has 3 heteroatoms. The number of Topliss-reactive ketones (excluding diaryl/α,β-unsaturated/α-hetero) is 1. The van der Waals surface area contributed by atoms with Gasteiger partial charge in [-0.3, -0.25) is 4.79 Å². The maximum absolute atomic E-state index is 11.9. The first-order valence-corrected chi connectivity index (χ1v) is 6.02. The molecule has 0 aliphatic rings. The maximum atomic E-state index is 11.9. The number of carbonyl (C=O) groups excluding carboxylic acids is 1. The van der Waals surface area contributed by atoms with Crippen molar-refractivity contribution in [3.8, 4) is 5.75 Å². The SMILES string of the molecule is CC(C)NCC(=O)c1cccc(OC(C)C)c1. The second kappa shape index (κ2) is 6.40. The van der Waals surface area contributed by atoms with Crippen molar-refractivity contribution in [2.24, 2.45) is 0 Å². The Kier molecular flexibility index (Phi) is 5.16. The van der Waals surface area contributed by atoms with Crippen LogP contribution in [-0.4, -0.2) is 24.5 Å². The number of carbonyl (C=O) groups is 1. The molecule has 1 N–H and O–H groups in total. The van der Waals surface area contributed by atoms with E-state index in [1.165, 1.54) is 0 Å². The number of ether oxygens (including phenoxy) is 1. The lowest BCUT2D eigenvalue weighted by Gasteiger charge is -2.11. The van der Waals surface area contributed by atoms with Crippen LogP contribution in [-0.2, 0) is 0 Å². The van der Waals surface area contributed by atoms with E-state index < -0.39 is 0 Å². The molecule has 0 spiro atoms. The molecule has 0 heterocycles. The van der Waals surface area contributed by atoms with Crippen LogP contribution in [0.5, 0.6) is 5.75 Å². The minimum absolute atomic E-state index is 0.0907. The van der Waals surface area contributed by atoms with Gasteiger partial charge in [0.2, 0.25) is 0 Å². The van der Waals surface area contributed by atoms with E-state index in [1.807, 2.05) is 45.9 Å². The molecule has 94 valence electrons. The van der Waals surface area contributed by atoms with Crippen LogP contribution >= 0.6 is 0 Å². The highest BCUT2D eigenvalue weighted by atomic mass is 16.5. The van der Waals surface area contributed by atoms with Gasteiger partial charge < -0.3 is 10.1 Å². The van der Waals surface area contributed by atoms with E-state index in [4.69, 9.17) is 4.74 Å². The summed E-state index contributed by atoms with van der Waals surface area (Å²) in [5.74, 6) is 0.836. The van der Waals surface area contributed by atoms with Gasteiger partial charge in [-0.05, 0) is 26.0 Å². The molecule has 1 aromatic carbocycles. The van der Waals surface area contributed by atoms with Crippen molar-refractivity contribution in [1.82, 2.24) is 5.32 Å². The quantitative estimate of drug-likeness (QED) is 0.770. The van der Waals surface area contributed by atoms with Crippen molar-refractivity contribution in [2.75, 3.05) is 6.54 Å². The Hall–Kier alpha value is -1.35. The van der Waals surface area contributed by atoms with Crippen LogP contribution < -0.4 is 10.1 Å². The Morgan fingerprint density at radius 1 is 1.29 bits per heavy atom. The van der Waals surface area contributed by atoms with Gasteiger partial charge >= 0.3 is 0 Å². The second-order valence-corrected chi connectivity index (χ2v) is 4.65. The third-order valence-electron chi connectivity index (χ3n) is 2.20. The molecule has 0 unspecified atom stereocenters. The summed E-state index contributed by atoms with van der Waals surface area (Å²) in [7, 11) is 0. The molecule has 0 saturated heterocycles. The van der Waals surface area contributed by atoms with Crippen molar-refractivity contribution < 1.29 is 9.53 Å². The van der Waals surface area contributed by atoms with E-state index in [0.29, 0.717) is 18.2 Å². The zero-order chi connectivity index (χ0) is 12.8. The molecule has 1 aromatic rings. The molecule has 0 aliphatic carbocycles. The van der Waals surface area contributed by atoms with Crippen LogP contribution in [0.2, 0.25) is 0 Å². The number of hydrogen-bond acceptors (Lipinski definition) is 3. The van der Waals surface area contributed by atoms with Crippen LogP contribution in [0.4, 0.5) is 0 Å². The summed E-state index contributed by atoms with van der Waals surface area (Å²) >= 11 is 0. The molecule has 0 bridgehead atoms. The average Bonchev–Trinajstić information content (AvgIpc) is 2.25. The molecule has 0 aliphatic heterocycles. The average molecular weight is 235 g/mol. The standard InChI is InChI=1S/C14H21NO2/c1-10(2)15-9-14(16)12-6-5-7-13(8-12)17-11(3)4/h5-8,10-11,15H,9H2,1-4H3. The zero-order valence-electron chi connectivity index (χ0n) is 11.0. The minimum atomic E-state index is 0.0907. The molecule has 1 rings (SSSR count). The fourth-order valence-electron chi connectivity index (χ4n) is 1.41. The fraction of sp³-hybridized carbons (Fsp3) is 0.500. The molecule has 0 aromatic heterocycles. The van der Waals surface area contributed by atoms with Gasteiger partial charge in [0.05, 0.1) is 12.6 Å². The Labute approximate surface area is 103 Å². The van der Waals surface area contributed by atoms with Gasteiger partial charge in [-0.1, -0.05) is 26.0 Å². The summed E-state index contributed by atoms with van der Waals surface area (Å²) in [4.78, 5) is 11.9. The lowest BCUT2D eigenvalue weighted by Crippen LogP contribution is -2.29. The number of benzene rings is 1. The molecule has 0 atom stereocenters. The van der Waals surface area contributed by atoms with Crippen LogP contribution in [0.15, 0.2) is 24.3 Å². The number of hydrogen-bond donors (Lipinski definition) is 1. The predicted molar refractivity (Wildman–Crippen MR) is 69.7 cm³/mol. The number of rotatable bonds is 6. The van der Waals surface area contributed by atoms with E-state index in [0.717, 1.165) is 5.75 Å². The molecule has 0 amide bonds. The monoisotopic (exact) mass is 235 g/mol. The summed E-state index contributed by atoms with van der Waals surface area (Å²) in [5.41, 5.74) is 0.691. The topological polar surface area (TPSA) is 38.3 Å². The summed E-state index contributed by atoms with van der Waals surface area (Å²) in [6.45, 7) is 8.34. The van der Waals surface area contributed by atoms with Crippen LogP contribution in [0, 0.1) is 0 Å². The van der Waals surface area contributed by atoms with Gasteiger partial charge in [0.15, 0.2) is 5.78 Å². The summed E-state index contributed by atoms with van der Waals surface area (Å²) < 4.78 is 5.56. The van der Waals surface area contributed by atoms with E-state index >= 15 is 0 Å². The fourth-order valence-corrected chi connectivity index (χ4v) is 1.41. The van der Waals surface area contributed by atoms with E-state index in [9.17, 15) is 4.79 Å². The molecule has 3 nitrogen and oxygen atoms in total. The van der Waals surface area contributed by atoms with E-state index in [-0.39, 0.29) is 11.9 Å². The smallest absolute Gasteiger partial charge is 0.176 e. The van der Waals surface area contributed by atoms with Crippen LogP contribution in [0.25, 0.3) is 0 Å².